The van der Waals surface area contributed by atoms with E-state index in [0.29, 0.717) is 23.0 Å². The molecular weight excluding hydrogens is 597 g/mol. The van der Waals surface area contributed by atoms with Crippen molar-refractivity contribution in [3.05, 3.63) is 141 Å². The monoisotopic (exact) mass is 622 g/mol. The third kappa shape index (κ3) is 8.97. The fourth-order valence-electron chi connectivity index (χ4n) is 3.95. The number of rotatable bonds is 8. The molecule has 0 radical (unpaired) electrons. The molecule has 220 valence electrons. The number of benzene rings is 4. The molecule has 0 atom stereocenters. The Kier molecular flexibility index (Phi) is 10.3. The van der Waals surface area contributed by atoms with Gasteiger partial charge in [-0.05, 0) is 82.2 Å². The van der Waals surface area contributed by atoms with Crippen molar-refractivity contribution in [3.8, 4) is 11.5 Å². The Morgan fingerprint density at radius 1 is 0.500 bits per heavy atom. The molecule has 2 fully saturated rings. The molecule has 0 bridgehead atoms. The Labute approximate surface area is 262 Å². The number of amides is 4. The van der Waals surface area contributed by atoms with Crippen LogP contribution in [0.3, 0.4) is 0 Å². The van der Waals surface area contributed by atoms with Gasteiger partial charge in [-0.1, -0.05) is 84.9 Å². The second kappa shape index (κ2) is 14.9. The van der Waals surface area contributed by atoms with Crippen LogP contribution >= 0.6 is 23.5 Å². The molecule has 6 rings (SSSR count). The molecule has 2 heterocycles. The summed E-state index contributed by atoms with van der Waals surface area (Å²) in [4.78, 5) is 45.9. The Bertz CT molecular complexity index is 1580. The van der Waals surface area contributed by atoms with E-state index >= 15 is 0 Å². The Balaban J connectivity index is 0.000000175. The van der Waals surface area contributed by atoms with E-state index in [1.54, 1.807) is 12.2 Å². The van der Waals surface area contributed by atoms with Crippen molar-refractivity contribution in [3.63, 3.8) is 0 Å². The minimum Gasteiger partial charge on any atom is -0.489 e. The summed E-state index contributed by atoms with van der Waals surface area (Å²) in [5.74, 6) is 0.815. The van der Waals surface area contributed by atoms with E-state index in [4.69, 9.17) is 9.47 Å². The van der Waals surface area contributed by atoms with Crippen molar-refractivity contribution in [2.45, 2.75) is 13.2 Å². The van der Waals surface area contributed by atoms with E-state index in [1.165, 1.54) is 0 Å². The van der Waals surface area contributed by atoms with E-state index in [-0.39, 0.29) is 22.3 Å². The Morgan fingerprint density at radius 2 is 0.864 bits per heavy atom. The molecule has 4 aromatic carbocycles. The number of thioether (sulfide) groups is 2. The average Bonchev–Trinajstić information content (AvgIpc) is 3.54. The van der Waals surface area contributed by atoms with Crippen LogP contribution in [-0.2, 0) is 22.8 Å². The van der Waals surface area contributed by atoms with Gasteiger partial charge < -0.3 is 9.47 Å². The van der Waals surface area contributed by atoms with E-state index in [0.717, 1.165) is 57.3 Å². The van der Waals surface area contributed by atoms with Gasteiger partial charge in [0.25, 0.3) is 22.3 Å². The van der Waals surface area contributed by atoms with Crippen LogP contribution in [-0.4, -0.2) is 22.3 Å². The van der Waals surface area contributed by atoms with E-state index in [1.807, 2.05) is 109 Å². The first-order chi connectivity index (χ1) is 21.4. The lowest BCUT2D eigenvalue weighted by atomic mass is 10.2. The molecule has 0 spiro atoms. The Morgan fingerprint density at radius 3 is 1.18 bits per heavy atom. The maximum absolute atomic E-state index is 11.5. The third-order valence-electron chi connectivity index (χ3n) is 6.14. The fraction of sp³-hybridized carbons (Fsp3) is 0.0588. The highest BCUT2D eigenvalue weighted by molar-refractivity contribution is 8.18. The molecule has 0 aliphatic carbocycles. The van der Waals surface area contributed by atoms with Gasteiger partial charge in [0.2, 0.25) is 0 Å². The van der Waals surface area contributed by atoms with Crippen LogP contribution in [0, 0.1) is 0 Å². The number of carbonyl (C=O) groups excluding carboxylic acids is 4. The smallest absolute Gasteiger partial charge is 0.290 e. The summed E-state index contributed by atoms with van der Waals surface area (Å²) in [5.41, 5.74) is 3.90. The maximum atomic E-state index is 11.5. The van der Waals surface area contributed by atoms with E-state index < -0.39 is 0 Å². The second-order valence-corrected chi connectivity index (χ2v) is 11.4. The van der Waals surface area contributed by atoms with Crippen molar-refractivity contribution in [2.75, 3.05) is 0 Å². The van der Waals surface area contributed by atoms with E-state index in [2.05, 4.69) is 10.6 Å². The molecule has 0 aromatic heterocycles. The van der Waals surface area contributed by atoms with Crippen molar-refractivity contribution < 1.29 is 28.7 Å². The van der Waals surface area contributed by atoms with Gasteiger partial charge >= 0.3 is 0 Å². The van der Waals surface area contributed by atoms with Crippen LogP contribution in [0.5, 0.6) is 11.5 Å². The van der Waals surface area contributed by atoms with Gasteiger partial charge in [-0.15, -0.1) is 0 Å². The lowest BCUT2D eigenvalue weighted by molar-refractivity contribution is -0.116. The largest absolute Gasteiger partial charge is 0.489 e. The number of hydrogen-bond donors (Lipinski definition) is 2. The van der Waals surface area contributed by atoms with Crippen molar-refractivity contribution in [2.24, 2.45) is 0 Å². The number of imide groups is 2. The third-order valence-corrected chi connectivity index (χ3v) is 7.76. The van der Waals surface area contributed by atoms with Gasteiger partial charge in [0.15, 0.2) is 0 Å². The molecule has 8 nitrogen and oxygen atoms in total. The highest BCUT2D eigenvalue weighted by Crippen LogP contribution is 2.27. The number of hydrogen-bond acceptors (Lipinski definition) is 8. The van der Waals surface area contributed by atoms with Gasteiger partial charge in [0.1, 0.15) is 24.7 Å². The number of carbonyl (C=O) groups is 4. The Hall–Kier alpha value is -5.06. The highest BCUT2D eigenvalue weighted by Gasteiger charge is 2.25. The van der Waals surface area contributed by atoms with Crippen LogP contribution in [0.15, 0.2) is 119 Å². The fourth-order valence-corrected chi connectivity index (χ4v) is 5.31. The normalized spacial score (nSPS) is 15.9. The van der Waals surface area contributed by atoms with Crippen molar-refractivity contribution in [1.29, 1.82) is 0 Å². The van der Waals surface area contributed by atoms with Crippen LogP contribution < -0.4 is 20.1 Å². The predicted molar refractivity (Wildman–Crippen MR) is 173 cm³/mol. The molecule has 10 heteroatoms. The SMILES string of the molecule is O=C1NC(=O)C(=Cc2ccc(OCc3ccccc3)cc2)S1.O=C1NC(=O)C(=Cc2ccc(OCc3ccccc3)cc2)S1. The van der Waals surface area contributed by atoms with Gasteiger partial charge in [-0.2, -0.15) is 0 Å². The zero-order valence-electron chi connectivity index (χ0n) is 23.2. The predicted octanol–water partition coefficient (Wildman–Crippen LogP) is 7.18. The number of ether oxygens (including phenoxy) is 2. The molecule has 4 amide bonds. The lowest BCUT2D eigenvalue weighted by Gasteiger charge is -2.06. The minimum atomic E-state index is -0.348. The molecule has 4 aromatic rings. The molecule has 0 unspecified atom stereocenters. The summed E-state index contributed by atoms with van der Waals surface area (Å²) in [6.45, 7) is 1.02. The summed E-state index contributed by atoms with van der Waals surface area (Å²) in [6, 6.07) is 34.6. The van der Waals surface area contributed by atoms with E-state index in [9.17, 15) is 19.2 Å². The minimum absolute atomic E-state index is 0.334. The van der Waals surface area contributed by atoms with Gasteiger partial charge in [0, 0.05) is 0 Å². The summed E-state index contributed by atoms with van der Waals surface area (Å²) in [6.07, 6.45) is 3.37. The molecule has 2 aliphatic heterocycles. The summed E-state index contributed by atoms with van der Waals surface area (Å²) in [7, 11) is 0. The second-order valence-electron chi connectivity index (χ2n) is 9.39. The maximum Gasteiger partial charge on any atom is 0.290 e. The zero-order chi connectivity index (χ0) is 30.7. The van der Waals surface area contributed by atoms with Crippen LogP contribution in [0.25, 0.3) is 12.2 Å². The highest BCUT2D eigenvalue weighted by atomic mass is 32.2. The van der Waals surface area contributed by atoms with Gasteiger partial charge in [0.05, 0.1) is 9.81 Å². The first-order valence-corrected chi connectivity index (χ1v) is 15.1. The first kappa shape index (κ1) is 30.4. The van der Waals surface area contributed by atoms with Gasteiger partial charge in [-0.3, -0.25) is 29.8 Å². The molecule has 2 saturated heterocycles. The first-order valence-electron chi connectivity index (χ1n) is 13.4. The average molecular weight is 623 g/mol. The lowest BCUT2D eigenvalue weighted by Crippen LogP contribution is -2.17. The standard InChI is InChI=1S/2C17H13NO3S/c2*19-16-15(22-17(20)18-16)10-12-6-8-14(9-7-12)21-11-13-4-2-1-3-5-13/h2*1-10H,11H2,(H,18,19,20). The molecule has 2 N–H and O–H groups in total. The topological polar surface area (TPSA) is 111 Å². The van der Waals surface area contributed by atoms with Crippen molar-refractivity contribution >= 4 is 58.0 Å². The summed E-state index contributed by atoms with van der Waals surface area (Å²) < 4.78 is 11.4. The molecule has 2 aliphatic rings. The molecule has 44 heavy (non-hydrogen) atoms. The van der Waals surface area contributed by atoms with Crippen LogP contribution in [0.4, 0.5) is 9.59 Å². The number of nitrogens with one attached hydrogen (secondary N) is 2. The summed E-state index contributed by atoms with van der Waals surface area (Å²) in [5, 5.41) is 3.79. The molecule has 0 saturated carbocycles. The zero-order valence-corrected chi connectivity index (χ0v) is 24.9. The van der Waals surface area contributed by atoms with Gasteiger partial charge in [-0.25, -0.2) is 0 Å². The van der Waals surface area contributed by atoms with Crippen molar-refractivity contribution in [1.82, 2.24) is 10.6 Å². The molecular formula is C34H26N2O6S2. The summed E-state index contributed by atoms with van der Waals surface area (Å²) >= 11 is 1.82. The van der Waals surface area contributed by atoms with Crippen LogP contribution in [0.1, 0.15) is 22.3 Å². The van der Waals surface area contributed by atoms with Crippen LogP contribution in [0.2, 0.25) is 0 Å². The quantitative estimate of drug-likeness (QED) is 0.199.